The highest BCUT2D eigenvalue weighted by atomic mass is 16.4. The summed E-state index contributed by atoms with van der Waals surface area (Å²) in [5.41, 5.74) is 0.907. The molecule has 0 heterocycles. The van der Waals surface area contributed by atoms with Gasteiger partial charge in [-0.05, 0) is 44.1 Å². The standard InChI is InChI=1S/C27H39NO3/c1-2-3-4-5-6-7-8-9-10-11-12-13-14-15-19-22-26(29)28-25(27(30)31)23-24-20-17-16-18-21-24/h3-4,6-7,9-10,16-18,20-21,25H,2,5,8,11-15,19,22-23H2,1H3,(H,28,29)(H,30,31)/b4-3+,7-6+,10-9+. The van der Waals surface area contributed by atoms with Crippen LogP contribution >= 0.6 is 0 Å². The molecule has 0 aliphatic carbocycles. The van der Waals surface area contributed by atoms with Crippen LogP contribution in [0.15, 0.2) is 66.8 Å². The minimum Gasteiger partial charge on any atom is -0.480 e. The first kappa shape index (κ1) is 26.4. The molecule has 1 atom stereocenters. The summed E-state index contributed by atoms with van der Waals surface area (Å²) in [6.45, 7) is 2.14. The molecule has 0 radical (unpaired) electrons. The van der Waals surface area contributed by atoms with E-state index in [0.717, 1.165) is 56.9 Å². The molecule has 0 aliphatic heterocycles. The van der Waals surface area contributed by atoms with Crippen LogP contribution < -0.4 is 5.32 Å². The van der Waals surface area contributed by atoms with Crippen LogP contribution in [-0.2, 0) is 16.0 Å². The molecule has 1 aromatic carbocycles. The van der Waals surface area contributed by atoms with E-state index in [1.54, 1.807) is 0 Å². The second kappa shape index (κ2) is 18.2. The number of rotatable bonds is 17. The highest BCUT2D eigenvalue weighted by molar-refractivity contribution is 5.83. The average molecular weight is 426 g/mol. The zero-order chi connectivity index (χ0) is 22.6. The number of benzene rings is 1. The molecule has 2 N–H and O–H groups in total. The second-order valence-electron chi connectivity index (χ2n) is 7.75. The van der Waals surface area contributed by atoms with Crippen LogP contribution in [0, 0.1) is 0 Å². The number of nitrogens with one attached hydrogen (secondary N) is 1. The molecule has 0 bridgehead atoms. The van der Waals surface area contributed by atoms with E-state index in [-0.39, 0.29) is 5.91 Å². The molecule has 1 rings (SSSR count). The first-order valence-electron chi connectivity index (χ1n) is 11.6. The summed E-state index contributed by atoms with van der Waals surface area (Å²) in [5, 5.41) is 12.0. The van der Waals surface area contributed by atoms with Crippen molar-refractivity contribution in [3.05, 3.63) is 72.4 Å². The lowest BCUT2D eigenvalue weighted by Crippen LogP contribution is -2.42. The summed E-state index contributed by atoms with van der Waals surface area (Å²) in [6.07, 6.45) is 23.4. The Morgan fingerprint density at radius 1 is 0.871 bits per heavy atom. The van der Waals surface area contributed by atoms with Crippen LogP contribution in [0.4, 0.5) is 0 Å². The van der Waals surface area contributed by atoms with Gasteiger partial charge < -0.3 is 10.4 Å². The summed E-state index contributed by atoms with van der Waals surface area (Å²) in [7, 11) is 0. The van der Waals surface area contributed by atoms with Crippen molar-refractivity contribution in [3.63, 3.8) is 0 Å². The van der Waals surface area contributed by atoms with Gasteiger partial charge in [0.2, 0.25) is 5.91 Å². The highest BCUT2D eigenvalue weighted by Crippen LogP contribution is 2.09. The smallest absolute Gasteiger partial charge is 0.326 e. The van der Waals surface area contributed by atoms with E-state index in [4.69, 9.17) is 0 Å². The van der Waals surface area contributed by atoms with Gasteiger partial charge in [0.1, 0.15) is 6.04 Å². The molecule has 1 aromatic rings. The molecule has 0 saturated carbocycles. The Labute approximate surface area is 188 Å². The van der Waals surface area contributed by atoms with E-state index >= 15 is 0 Å². The molecule has 4 heteroatoms. The number of carbonyl (C=O) groups excluding carboxylic acids is 1. The molecule has 0 fully saturated rings. The number of unbranched alkanes of at least 4 members (excludes halogenated alkanes) is 5. The van der Waals surface area contributed by atoms with Crippen molar-refractivity contribution in [1.29, 1.82) is 0 Å². The van der Waals surface area contributed by atoms with Gasteiger partial charge in [0.05, 0.1) is 0 Å². The van der Waals surface area contributed by atoms with Crippen molar-refractivity contribution in [2.24, 2.45) is 0 Å². The fourth-order valence-electron chi connectivity index (χ4n) is 3.22. The van der Waals surface area contributed by atoms with Gasteiger partial charge in [-0.1, -0.05) is 93.0 Å². The first-order chi connectivity index (χ1) is 15.1. The SMILES string of the molecule is CC/C=C/C/C=C/C/C=C/CCCCCCCC(=O)NC(Cc1ccccc1)C(=O)O. The van der Waals surface area contributed by atoms with Crippen LogP contribution in [0.3, 0.4) is 0 Å². The van der Waals surface area contributed by atoms with Gasteiger partial charge in [-0.25, -0.2) is 4.79 Å². The van der Waals surface area contributed by atoms with Crippen molar-refractivity contribution in [2.45, 2.75) is 83.6 Å². The fraction of sp³-hybridized carbons (Fsp3) is 0.481. The van der Waals surface area contributed by atoms with Crippen LogP contribution in [0.1, 0.15) is 76.7 Å². The molecule has 0 aromatic heterocycles. The topological polar surface area (TPSA) is 66.4 Å². The number of carbonyl (C=O) groups is 2. The summed E-state index contributed by atoms with van der Waals surface area (Å²) in [4.78, 5) is 23.5. The van der Waals surface area contributed by atoms with Gasteiger partial charge in [-0.2, -0.15) is 0 Å². The number of aliphatic carboxylic acids is 1. The van der Waals surface area contributed by atoms with Crippen molar-refractivity contribution >= 4 is 11.9 Å². The minimum absolute atomic E-state index is 0.176. The molecular formula is C27H39NO3. The van der Waals surface area contributed by atoms with Gasteiger partial charge >= 0.3 is 5.97 Å². The first-order valence-corrected chi connectivity index (χ1v) is 11.6. The third-order valence-electron chi connectivity index (χ3n) is 4.97. The molecule has 170 valence electrons. The Bertz CT molecular complexity index is 692. The summed E-state index contributed by atoms with van der Waals surface area (Å²) in [6, 6.07) is 8.51. The van der Waals surface area contributed by atoms with E-state index in [1.165, 1.54) is 6.42 Å². The maximum atomic E-state index is 12.1. The quantitative estimate of drug-likeness (QED) is 0.224. The molecular weight excluding hydrogens is 386 g/mol. The average Bonchev–Trinajstić information content (AvgIpc) is 2.76. The van der Waals surface area contributed by atoms with Crippen molar-refractivity contribution in [2.75, 3.05) is 0 Å². The van der Waals surface area contributed by atoms with E-state index in [0.29, 0.717) is 12.8 Å². The highest BCUT2D eigenvalue weighted by Gasteiger charge is 2.19. The molecule has 4 nitrogen and oxygen atoms in total. The Balaban J connectivity index is 2.05. The van der Waals surface area contributed by atoms with E-state index in [9.17, 15) is 14.7 Å². The van der Waals surface area contributed by atoms with E-state index in [2.05, 4.69) is 48.7 Å². The molecule has 31 heavy (non-hydrogen) atoms. The number of allylic oxidation sites excluding steroid dienone is 6. The normalized spacial score (nSPS) is 12.7. The van der Waals surface area contributed by atoms with Gasteiger partial charge in [0.25, 0.3) is 0 Å². The molecule has 0 aliphatic rings. The zero-order valence-corrected chi connectivity index (χ0v) is 19.0. The Kier molecular flexibility index (Phi) is 15.5. The molecule has 0 saturated heterocycles. The van der Waals surface area contributed by atoms with Crippen LogP contribution in [-0.4, -0.2) is 23.0 Å². The molecule has 1 amide bonds. The summed E-state index contributed by atoms with van der Waals surface area (Å²) >= 11 is 0. The predicted octanol–water partition coefficient (Wildman–Crippen LogP) is 6.39. The monoisotopic (exact) mass is 425 g/mol. The van der Waals surface area contributed by atoms with Crippen LogP contribution in [0.5, 0.6) is 0 Å². The lowest BCUT2D eigenvalue weighted by molar-refractivity contribution is -0.141. The second-order valence-corrected chi connectivity index (χ2v) is 7.75. The number of hydrogen-bond donors (Lipinski definition) is 2. The predicted molar refractivity (Wildman–Crippen MR) is 129 cm³/mol. The largest absolute Gasteiger partial charge is 0.480 e. The van der Waals surface area contributed by atoms with Crippen LogP contribution in [0.25, 0.3) is 0 Å². The van der Waals surface area contributed by atoms with Crippen molar-refractivity contribution in [1.82, 2.24) is 5.32 Å². The third kappa shape index (κ3) is 14.9. The maximum Gasteiger partial charge on any atom is 0.326 e. The van der Waals surface area contributed by atoms with Crippen molar-refractivity contribution < 1.29 is 14.7 Å². The van der Waals surface area contributed by atoms with Gasteiger partial charge in [-0.15, -0.1) is 0 Å². The number of amides is 1. The minimum atomic E-state index is -0.992. The lowest BCUT2D eigenvalue weighted by atomic mass is 10.1. The van der Waals surface area contributed by atoms with Gasteiger partial charge in [0.15, 0.2) is 0 Å². The Morgan fingerprint density at radius 2 is 1.48 bits per heavy atom. The maximum absolute atomic E-state index is 12.1. The molecule has 0 spiro atoms. The van der Waals surface area contributed by atoms with E-state index < -0.39 is 12.0 Å². The number of carboxylic acid groups (broad SMARTS) is 1. The van der Waals surface area contributed by atoms with Gasteiger partial charge in [-0.3, -0.25) is 4.79 Å². The third-order valence-corrected chi connectivity index (χ3v) is 4.97. The summed E-state index contributed by atoms with van der Waals surface area (Å²) in [5.74, 6) is -1.17. The zero-order valence-electron chi connectivity index (χ0n) is 19.0. The van der Waals surface area contributed by atoms with E-state index in [1.807, 2.05) is 30.3 Å². The van der Waals surface area contributed by atoms with Gasteiger partial charge in [0, 0.05) is 12.8 Å². The number of carboxylic acids is 1. The Hall–Kier alpha value is -2.62. The van der Waals surface area contributed by atoms with Crippen molar-refractivity contribution in [3.8, 4) is 0 Å². The Morgan fingerprint density at radius 3 is 2.16 bits per heavy atom. The molecule has 1 unspecified atom stereocenters. The number of hydrogen-bond acceptors (Lipinski definition) is 2. The lowest BCUT2D eigenvalue weighted by Gasteiger charge is -2.14. The summed E-state index contributed by atoms with van der Waals surface area (Å²) < 4.78 is 0. The van der Waals surface area contributed by atoms with Crippen LogP contribution in [0.2, 0.25) is 0 Å². The fourth-order valence-corrected chi connectivity index (χ4v) is 3.22.